The number of hydrogen-bond donors (Lipinski definition) is 0. The fourth-order valence-electron chi connectivity index (χ4n) is 2.23. The van der Waals surface area contributed by atoms with Gasteiger partial charge in [0.25, 0.3) is 0 Å². The summed E-state index contributed by atoms with van der Waals surface area (Å²) in [5, 5.41) is 0. The number of benzene rings is 2. The van der Waals surface area contributed by atoms with Gasteiger partial charge in [-0.15, -0.1) is 0 Å². The summed E-state index contributed by atoms with van der Waals surface area (Å²) in [7, 11) is 3.88. The molecule has 1 aliphatic rings. The number of likely N-dealkylation sites (N-methyl/N-ethyl adjacent to an activating group) is 1. The fraction of sp³-hybridized carbons (Fsp3) is 0.278. The van der Waals surface area contributed by atoms with Gasteiger partial charge in [-0.05, 0) is 52.2 Å². The Hall–Kier alpha value is -1.23. The molecule has 0 N–H and O–H groups in total. The summed E-state index contributed by atoms with van der Waals surface area (Å²) in [6.07, 6.45) is 0. The Balaban J connectivity index is 1.95. The molecule has 0 unspecified atom stereocenters. The van der Waals surface area contributed by atoms with Crippen molar-refractivity contribution in [3.8, 4) is 0 Å². The molecule has 0 saturated carbocycles. The lowest BCUT2D eigenvalue weighted by atomic mass is 9.92. The van der Waals surface area contributed by atoms with Crippen molar-refractivity contribution in [1.29, 1.82) is 0 Å². The van der Waals surface area contributed by atoms with Gasteiger partial charge < -0.3 is 0 Å². The molecule has 0 fully saturated rings. The van der Waals surface area contributed by atoms with E-state index in [4.69, 9.17) is 0 Å². The van der Waals surface area contributed by atoms with Crippen molar-refractivity contribution < 1.29 is 4.79 Å². The van der Waals surface area contributed by atoms with Crippen molar-refractivity contribution in [2.24, 2.45) is 0 Å². The van der Waals surface area contributed by atoms with E-state index in [1.165, 1.54) is 19.6 Å². The summed E-state index contributed by atoms with van der Waals surface area (Å²) in [6.45, 7) is 3.93. The molecule has 0 spiro atoms. The van der Waals surface area contributed by atoms with Crippen LogP contribution in [0.25, 0.3) is 0 Å². The van der Waals surface area contributed by atoms with Crippen molar-refractivity contribution in [2.75, 3.05) is 14.1 Å². The van der Waals surface area contributed by atoms with Gasteiger partial charge in [0.2, 0.25) is 0 Å². The average Bonchev–Trinajstić information content (AvgIpc) is 2.51. The third-order valence-corrected chi connectivity index (χ3v) is 6.71. The van der Waals surface area contributed by atoms with Crippen LogP contribution in [0.4, 0.5) is 0 Å². The number of carbonyl (C=O) groups is 1. The predicted octanol–water partition coefficient (Wildman–Crippen LogP) is 4.83. The maximum Gasteiger partial charge on any atom is 0.182 e. The predicted molar refractivity (Wildman–Crippen MR) is 93.2 cm³/mol. The monoisotopic (exact) mass is 329 g/mol. The van der Waals surface area contributed by atoms with Crippen molar-refractivity contribution in [3.05, 3.63) is 48.0 Å². The molecule has 0 amide bonds. The number of Topliss-reactive ketones (excluding diaryl/α,β-unsaturated/α-hetero) is 1. The largest absolute Gasteiger partial charge is 0.297 e. The van der Waals surface area contributed by atoms with E-state index >= 15 is 0 Å². The fourth-order valence-corrected chi connectivity index (χ4v) is 4.48. The molecule has 4 heteroatoms. The van der Waals surface area contributed by atoms with E-state index in [1.807, 2.05) is 45.0 Å². The Kier molecular flexibility index (Phi) is 4.10. The van der Waals surface area contributed by atoms with Crippen LogP contribution in [0.3, 0.4) is 0 Å². The average molecular weight is 329 g/mol. The SMILES string of the molecule is CN(C)C(C)(C)C(=O)c1ccc2c(c1)Sc1ccccc1S2. The van der Waals surface area contributed by atoms with Crippen LogP contribution >= 0.6 is 23.5 Å². The van der Waals surface area contributed by atoms with Gasteiger partial charge in [0.1, 0.15) is 0 Å². The minimum absolute atomic E-state index is 0.157. The molecule has 0 aromatic heterocycles. The minimum atomic E-state index is -0.501. The lowest BCUT2D eigenvalue weighted by Crippen LogP contribution is -2.45. The first kappa shape index (κ1) is 15.7. The first-order chi connectivity index (χ1) is 10.4. The molecular weight excluding hydrogens is 310 g/mol. The van der Waals surface area contributed by atoms with Crippen molar-refractivity contribution >= 4 is 29.3 Å². The van der Waals surface area contributed by atoms with E-state index in [-0.39, 0.29) is 5.78 Å². The summed E-state index contributed by atoms with van der Waals surface area (Å²) in [5.74, 6) is 0.157. The first-order valence-electron chi connectivity index (χ1n) is 7.20. The van der Waals surface area contributed by atoms with Gasteiger partial charge in [-0.3, -0.25) is 9.69 Å². The van der Waals surface area contributed by atoms with Crippen LogP contribution in [0.2, 0.25) is 0 Å². The normalized spacial score (nSPS) is 13.7. The Morgan fingerprint density at radius 1 is 0.909 bits per heavy atom. The van der Waals surface area contributed by atoms with Gasteiger partial charge in [0.05, 0.1) is 5.54 Å². The molecule has 22 heavy (non-hydrogen) atoms. The van der Waals surface area contributed by atoms with Gasteiger partial charge >= 0.3 is 0 Å². The molecule has 3 rings (SSSR count). The molecule has 2 aromatic carbocycles. The molecule has 2 aromatic rings. The number of ketones is 1. The summed E-state index contributed by atoms with van der Waals surface area (Å²) in [4.78, 5) is 19.7. The van der Waals surface area contributed by atoms with Crippen LogP contribution in [-0.4, -0.2) is 30.3 Å². The smallest absolute Gasteiger partial charge is 0.182 e. The zero-order valence-electron chi connectivity index (χ0n) is 13.2. The summed E-state index contributed by atoms with van der Waals surface area (Å²) in [5.41, 5.74) is 0.281. The van der Waals surface area contributed by atoms with Crippen LogP contribution in [0.5, 0.6) is 0 Å². The number of fused-ring (bicyclic) bond motifs is 2. The third kappa shape index (κ3) is 2.71. The van der Waals surface area contributed by atoms with Crippen LogP contribution in [0.1, 0.15) is 24.2 Å². The number of carbonyl (C=O) groups excluding carboxylic acids is 1. The standard InChI is InChI=1S/C18H19NOS2/c1-18(2,19(3)4)17(20)12-9-10-15-16(11-12)22-14-8-6-5-7-13(14)21-15/h5-11H,1-4H3. The van der Waals surface area contributed by atoms with E-state index in [1.54, 1.807) is 23.5 Å². The van der Waals surface area contributed by atoms with E-state index in [9.17, 15) is 4.79 Å². The molecule has 1 aliphatic heterocycles. The molecular formula is C18H19NOS2. The number of rotatable bonds is 3. The second-order valence-corrected chi connectivity index (χ2v) is 8.26. The molecule has 1 heterocycles. The second kappa shape index (κ2) is 5.76. The second-order valence-electron chi connectivity index (χ2n) is 6.09. The highest BCUT2D eigenvalue weighted by Gasteiger charge is 2.31. The summed E-state index contributed by atoms with van der Waals surface area (Å²) >= 11 is 3.52. The first-order valence-corrected chi connectivity index (χ1v) is 8.84. The lowest BCUT2D eigenvalue weighted by Gasteiger charge is -2.31. The minimum Gasteiger partial charge on any atom is -0.297 e. The lowest BCUT2D eigenvalue weighted by molar-refractivity contribution is 0.0755. The van der Waals surface area contributed by atoms with Crippen molar-refractivity contribution in [1.82, 2.24) is 4.90 Å². The Morgan fingerprint density at radius 2 is 1.45 bits per heavy atom. The van der Waals surface area contributed by atoms with Gasteiger partial charge in [0.15, 0.2) is 5.78 Å². The summed E-state index contributed by atoms with van der Waals surface area (Å²) < 4.78 is 0. The zero-order chi connectivity index (χ0) is 15.9. The molecule has 2 nitrogen and oxygen atoms in total. The van der Waals surface area contributed by atoms with Gasteiger partial charge in [-0.2, -0.15) is 0 Å². The maximum absolute atomic E-state index is 12.8. The molecule has 114 valence electrons. The molecule has 0 radical (unpaired) electrons. The van der Waals surface area contributed by atoms with Gasteiger partial charge in [-0.1, -0.05) is 41.7 Å². The van der Waals surface area contributed by atoms with E-state index in [2.05, 4.69) is 30.3 Å². The molecule has 0 saturated heterocycles. The highest BCUT2D eigenvalue weighted by Crippen LogP contribution is 2.48. The molecule has 0 atom stereocenters. The third-order valence-electron chi connectivity index (χ3n) is 4.17. The quantitative estimate of drug-likeness (QED) is 0.641. The van der Waals surface area contributed by atoms with Crippen LogP contribution in [0, 0.1) is 0 Å². The van der Waals surface area contributed by atoms with Crippen molar-refractivity contribution in [3.63, 3.8) is 0 Å². The van der Waals surface area contributed by atoms with E-state index < -0.39 is 5.54 Å². The zero-order valence-corrected chi connectivity index (χ0v) is 14.8. The van der Waals surface area contributed by atoms with Crippen LogP contribution in [-0.2, 0) is 0 Å². The summed E-state index contributed by atoms with van der Waals surface area (Å²) in [6, 6.07) is 14.5. The van der Waals surface area contributed by atoms with Gasteiger partial charge in [0, 0.05) is 25.1 Å². The highest BCUT2D eigenvalue weighted by atomic mass is 32.2. The molecule has 0 bridgehead atoms. The maximum atomic E-state index is 12.8. The van der Waals surface area contributed by atoms with Crippen LogP contribution in [0.15, 0.2) is 62.0 Å². The number of hydrogen-bond acceptors (Lipinski definition) is 4. The Bertz CT molecular complexity index is 738. The van der Waals surface area contributed by atoms with E-state index in [0.29, 0.717) is 0 Å². The topological polar surface area (TPSA) is 20.3 Å². The highest BCUT2D eigenvalue weighted by molar-refractivity contribution is 8.05. The Labute approximate surface area is 140 Å². The molecule has 0 aliphatic carbocycles. The van der Waals surface area contributed by atoms with Crippen LogP contribution < -0.4 is 0 Å². The van der Waals surface area contributed by atoms with E-state index in [0.717, 1.165) is 5.56 Å². The van der Waals surface area contributed by atoms with Gasteiger partial charge in [-0.25, -0.2) is 0 Å². The van der Waals surface area contributed by atoms with Crippen molar-refractivity contribution in [2.45, 2.75) is 39.0 Å². The number of nitrogens with zero attached hydrogens (tertiary/aromatic N) is 1. The Morgan fingerprint density at radius 3 is 2.05 bits per heavy atom.